The Morgan fingerprint density at radius 3 is 2.64 bits per heavy atom. The molecule has 2 aromatic heterocycles. The summed E-state index contributed by atoms with van der Waals surface area (Å²) in [7, 11) is 0. The zero-order chi connectivity index (χ0) is 19.8. The molecule has 0 aliphatic heterocycles. The first-order chi connectivity index (χ1) is 13.4. The number of carbonyl (C=O) groups excluding carboxylic acids is 1. The van der Waals surface area contributed by atoms with E-state index >= 15 is 0 Å². The van der Waals surface area contributed by atoms with Crippen LogP contribution in [0, 0.1) is 11.6 Å². The average molecular weight is 418 g/mol. The van der Waals surface area contributed by atoms with Gasteiger partial charge in [0.1, 0.15) is 28.8 Å². The van der Waals surface area contributed by atoms with Crippen molar-refractivity contribution in [2.45, 2.75) is 0 Å². The minimum absolute atomic E-state index is 0.0683. The van der Waals surface area contributed by atoms with Gasteiger partial charge in [-0.1, -0.05) is 29.3 Å². The first kappa shape index (κ1) is 18.4. The predicted octanol–water partition coefficient (Wildman–Crippen LogP) is 5.84. The van der Waals surface area contributed by atoms with Crippen LogP contribution >= 0.6 is 23.2 Å². The molecule has 1 N–H and O–H groups in total. The quantitative estimate of drug-likeness (QED) is 0.455. The van der Waals surface area contributed by atoms with Crippen LogP contribution in [-0.4, -0.2) is 15.3 Å². The van der Waals surface area contributed by atoms with Gasteiger partial charge in [0.25, 0.3) is 5.91 Å². The lowest BCUT2D eigenvalue weighted by molar-refractivity contribution is 0.102. The molecule has 140 valence electrons. The van der Waals surface area contributed by atoms with E-state index in [1.807, 2.05) is 0 Å². The lowest BCUT2D eigenvalue weighted by Crippen LogP contribution is -2.14. The molecule has 2 heterocycles. The van der Waals surface area contributed by atoms with Crippen molar-refractivity contribution in [2.24, 2.45) is 0 Å². The van der Waals surface area contributed by atoms with Gasteiger partial charge < -0.3 is 5.32 Å². The first-order valence-electron chi connectivity index (χ1n) is 8.13. The number of hydrogen-bond acceptors (Lipinski definition) is 2. The summed E-state index contributed by atoms with van der Waals surface area (Å²) >= 11 is 12.0. The van der Waals surface area contributed by atoms with E-state index < -0.39 is 17.5 Å². The molecule has 4 aromatic rings. The summed E-state index contributed by atoms with van der Waals surface area (Å²) in [6.45, 7) is 0. The first-order valence-corrected chi connectivity index (χ1v) is 8.88. The Morgan fingerprint density at radius 2 is 1.86 bits per heavy atom. The highest BCUT2D eigenvalue weighted by Gasteiger charge is 2.21. The minimum Gasteiger partial charge on any atom is -0.306 e. The largest absolute Gasteiger partial charge is 0.306 e. The standard InChI is InChI=1S/C20H11Cl2F2N3O/c21-11-4-6-13(15(22)9-11)20(28)26-19-18(14-10-12(23)5-7-16(14)24)25-17-3-1-2-8-27(17)19/h1-10H,(H,26,28). The Morgan fingerprint density at radius 1 is 1.04 bits per heavy atom. The predicted molar refractivity (Wildman–Crippen MR) is 105 cm³/mol. The summed E-state index contributed by atoms with van der Waals surface area (Å²) in [6.07, 6.45) is 1.65. The fourth-order valence-electron chi connectivity index (χ4n) is 2.83. The summed E-state index contributed by atoms with van der Waals surface area (Å²) in [5, 5.41) is 3.25. The Hall–Kier alpha value is -2.96. The molecule has 4 nitrogen and oxygen atoms in total. The van der Waals surface area contributed by atoms with Crippen LogP contribution in [-0.2, 0) is 0 Å². The molecule has 28 heavy (non-hydrogen) atoms. The number of amides is 1. The molecule has 8 heteroatoms. The van der Waals surface area contributed by atoms with E-state index in [1.54, 1.807) is 28.8 Å². The maximum atomic E-state index is 14.4. The lowest BCUT2D eigenvalue weighted by Gasteiger charge is -2.10. The molecule has 0 bridgehead atoms. The van der Waals surface area contributed by atoms with Crippen LogP contribution < -0.4 is 5.32 Å². The molecule has 0 unspecified atom stereocenters. The number of anilines is 1. The van der Waals surface area contributed by atoms with Crippen molar-refractivity contribution in [2.75, 3.05) is 5.32 Å². The zero-order valence-corrected chi connectivity index (χ0v) is 15.6. The third-order valence-corrected chi connectivity index (χ3v) is 4.67. The van der Waals surface area contributed by atoms with E-state index in [2.05, 4.69) is 10.3 Å². The monoisotopic (exact) mass is 417 g/mol. The molecule has 4 rings (SSSR count). The Bertz CT molecular complexity index is 1220. The van der Waals surface area contributed by atoms with E-state index in [4.69, 9.17) is 23.2 Å². The molecule has 0 saturated heterocycles. The van der Waals surface area contributed by atoms with Crippen LogP contribution in [0.3, 0.4) is 0 Å². The van der Waals surface area contributed by atoms with Gasteiger partial charge in [0, 0.05) is 16.8 Å². The molecule has 0 saturated carbocycles. The molecule has 0 atom stereocenters. The second-order valence-corrected chi connectivity index (χ2v) is 6.78. The molecule has 0 radical (unpaired) electrons. The van der Waals surface area contributed by atoms with Crippen molar-refractivity contribution in [1.29, 1.82) is 0 Å². The summed E-state index contributed by atoms with van der Waals surface area (Å²) in [4.78, 5) is 17.1. The number of rotatable bonds is 3. The van der Waals surface area contributed by atoms with Crippen LogP contribution in [0.15, 0.2) is 60.8 Å². The second-order valence-electron chi connectivity index (χ2n) is 5.94. The summed E-state index contributed by atoms with van der Waals surface area (Å²) in [6, 6.07) is 12.7. The number of nitrogens with one attached hydrogen (secondary N) is 1. The number of fused-ring (bicyclic) bond motifs is 1. The van der Waals surface area contributed by atoms with Gasteiger partial charge >= 0.3 is 0 Å². The molecular weight excluding hydrogens is 407 g/mol. The minimum atomic E-state index is -0.662. The van der Waals surface area contributed by atoms with Gasteiger partial charge in [-0.25, -0.2) is 13.8 Å². The Kier molecular flexibility index (Phi) is 4.75. The molecular formula is C20H11Cl2F2N3O. The van der Waals surface area contributed by atoms with Crippen LogP contribution in [0.1, 0.15) is 10.4 Å². The van der Waals surface area contributed by atoms with Crippen molar-refractivity contribution in [3.63, 3.8) is 0 Å². The summed E-state index contributed by atoms with van der Waals surface area (Å²) < 4.78 is 29.7. The molecule has 0 aliphatic rings. The van der Waals surface area contributed by atoms with Crippen molar-refractivity contribution in [1.82, 2.24) is 9.38 Å². The van der Waals surface area contributed by atoms with Crippen molar-refractivity contribution < 1.29 is 13.6 Å². The number of benzene rings is 2. The van der Waals surface area contributed by atoms with E-state index in [1.165, 1.54) is 18.2 Å². The number of halogens is 4. The number of pyridine rings is 1. The topological polar surface area (TPSA) is 46.4 Å². The van der Waals surface area contributed by atoms with Crippen molar-refractivity contribution in [3.8, 4) is 11.3 Å². The molecule has 2 aromatic carbocycles. The Labute approximate surface area is 168 Å². The van der Waals surface area contributed by atoms with Gasteiger partial charge in [0.05, 0.1) is 10.6 Å². The Balaban J connectivity index is 1.86. The van der Waals surface area contributed by atoms with Crippen LogP contribution in [0.4, 0.5) is 14.6 Å². The number of imidazole rings is 1. The highest BCUT2D eigenvalue weighted by Crippen LogP contribution is 2.32. The SMILES string of the molecule is O=C(Nc1c(-c2cc(F)ccc2F)nc2ccccn12)c1ccc(Cl)cc1Cl. The van der Waals surface area contributed by atoms with Crippen LogP contribution in [0.5, 0.6) is 0 Å². The van der Waals surface area contributed by atoms with E-state index in [0.717, 1.165) is 18.2 Å². The van der Waals surface area contributed by atoms with Crippen LogP contribution in [0.2, 0.25) is 10.0 Å². The summed E-state index contributed by atoms with van der Waals surface area (Å²) in [5.74, 6) is -1.63. The fraction of sp³-hybridized carbons (Fsp3) is 0. The van der Waals surface area contributed by atoms with Gasteiger partial charge in [-0.3, -0.25) is 9.20 Å². The fourth-order valence-corrected chi connectivity index (χ4v) is 3.32. The normalized spacial score (nSPS) is 11.0. The van der Waals surface area contributed by atoms with E-state index in [0.29, 0.717) is 10.7 Å². The molecule has 0 fully saturated rings. The molecule has 1 amide bonds. The number of nitrogens with zero attached hydrogens (tertiary/aromatic N) is 2. The maximum Gasteiger partial charge on any atom is 0.258 e. The van der Waals surface area contributed by atoms with E-state index in [-0.39, 0.29) is 27.7 Å². The zero-order valence-electron chi connectivity index (χ0n) is 14.1. The van der Waals surface area contributed by atoms with Crippen molar-refractivity contribution >= 4 is 40.6 Å². The van der Waals surface area contributed by atoms with Gasteiger partial charge in [0.15, 0.2) is 0 Å². The third-order valence-electron chi connectivity index (χ3n) is 4.12. The number of aromatic nitrogens is 2. The van der Waals surface area contributed by atoms with Gasteiger partial charge in [-0.05, 0) is 48.5 Å². The third kappa shape index (κ3) is 3.32. The van der Waals surface area contributed by atoms with Gasteiger partial charge in [0.2, 0.25) is 0 Å². The van der Waals surface area contributed by atoms with Crippen molar-refractivity contribution in [3.05, 3.63) is 88.0 Å². The second kappa shape index (κ2) is 7.22. The van der Waals surface area contributed by atoms with Crippen LogP contribution in [0.25, 0.3) is 16.9 Å². The van der Waals surface area contributed by atoms with E-state index in [9.17, 15) is 13.6 Å². The summed E-state index contributed by atoms with van der Waals surface area (Å²) in [5.41, 5.74) is 0.670. The molecule has 0 spiro atoms. The van der Waals surface area contributed by atoms with Gasteiger partial charge in [-0.2, -0.15) is 0 Å². The maximum absolute atomic E-state index is 14.4. The molecule has 0 aliphatic carbocycles. The highest BCUT2D eigenvalue weighted by molar-refractivity contribution is 6.37. The highest BCUT2D eigenvalue weighted by atomic mass is 35.5. The van der Waals surface area contributed by atoms with Gasteiger partial charge in [-0.15, -0.1) is 0 Å². The lowest BCUT2D eigenvalue weighted by atomic mass is 10.1. The number of hydrogen-bond donors (Lipinski definition) is 1. The average Bonchev–Trinajstić information content (AvgIpc) is 3.02. The number of carbonyl (C=O) groups is 1. The smallest absolute Gasteiger partial charge is 0.258 e.